The van der Waals surface area contributed by atoms with Crippen LogP contribution in [0.25, 0.3) is 0 Å². The topological polar surface area (TPSA) is 52.1 Å². The van der Waals surface area contributed by atoms with Gasteiger partial charge in [-0.3, -0.25) is 0 Å². The lowest BCUT2D eigenvalue weighted by molar-refractivity contribution is 0.403. The molecule has 0 amide bonds. The van der Waals surface area contributed by atoms with Gasteiger partial charge in [0.1, 0.15) is 12.5 Å². The standard InChI is InChI=1S/C6H4N2O2S2/c1-3-9-7-5(1)11-12-6-2-4-10-8-6/h1-4H. The summed E-state index contributed by atoms with van der Waals surface area (Å²) in [5.74, 6) is 0. The Hall–Kier alpha value is -0.880. The molecule has 2 aromatic rings. The zero-order valence-corrected chi connectivity index (χ0v) is 7.47. The Balaban J connectivity index is 1.91. The van der Waals surface area contributed by atoms with Crippen molar-refractivity contribution < 1.29 is 9.05 Å². The van der Waals surface area contributed by atoms with Gasteiger partial charge in [0.05, 0.1) is 0 Å². The molecule has 0 bridgehead atoms. The van der Waals surface area contributed by atoms with Crippen LogP contribution in [0.2, 0.25) is 0 Å². The Morgan fingerprint density at radius 1 is 0.917 bits per heavy atom. The van der Waals surface area contributed by atoms with Crippen molar-refractivity contribution in [2.45, 2.75) is 10.1 Å². The number of nitrogens with zero attached hydrogens (tertiary/aromatic N) is 2. The van der Waals surface area contributed by atoms with Gasteiger partial charge in [-0.2, -0.15) is 0 Å². The Labute approximate surface area is 76.1 Å². The summed E-state index contributed by atoms with van der Waals surface area (Å²) in [5.41, 5.74) is 0. The van der Waals surface area contributed by atoms with Gasteiger partial charge in [-0.25, -0.2) is 0 Å². The second-order valence-corrected chi connectivity index (χ2v) is 4.01. The number of rotatable bonds is 3. The van der Waals surface area contributed by atoms with Crippen LogP contribution in [0, 0.1) is 0 Å². The molecule has 2 rings (SSSR count). The van der Waals surface area contributed by atoms with Gasteiger partial charge >= 0.3 is 0 Å². The number of hydrogen-bond acceptors (Lipinski definition) is 6. The van der Waals surface area contributed by atoms with Crippen molar-refractivity contribution in [1.29, 1.82) is 0 Å². The van der Waals surface area contributed by atoms with Crippen LogP contribution in [0.3, 0.4) is 0 Å². The van der Waals surface area contributed by atoms with Gasteiger partial charge in [0.2, 0.25) is 0 Å². The molecular formula is C6H4N2O2S2. The molecule has 62 valence electrons. The maximum absolute atomic E-state index is 4.66. The predicted octanol–water partition coefficient (Wildman–Crippen LogP) is 2.46. The Morgan fingerprint density at radius 3 is 1.75 bits per heavy atom. The summed E-state index contributed by atoms with van der Waals surface area (Å²) in [6, 6.07) is 3.58. The maximum atomic E-state index is 4.66. The molecule has 0 saturated carbocycles. The van der Waals surface area contributed by atoms with Crippen molar-refractivity contribution in [2.75, 3.05) is 0 Å². The van der Waals surface area contributed by atoms with Crippen LogP contribution in [0.1, 0.15) is 0 Å². The third kappa shape index (κ3) is 1.83. The molecule has 12 heavy (non-hydrogen) atoms. The quantitative estimate of drug-likeness (QED) is 0.709. The SMILES string of the molecule is c1cc(SSc2ccon2)no1. The van der Waals surface area contributed by atoms with Crippen LogP contribution in [0.4, 0.5) is 0 Å². The highest BCUT2D eigenvalue weighted by Crippen LogP contribution is 2.34. The Morgan fingerprint density at radius 2 is 1.42 bits per heavy atom. The van der Waals surface area contributed by atoms with Gasteiger partial charge in [-0.1, -0.05) is 10.3 Å². The first-order valence-corrected chi connectivity index (χ1v) is 5.25. The normalized spacial score (nSPS) is 10.3. The second-order valence-electron chi connectivity index (χ2n) is 1.84. The lowest BCUT2D eigenvalue weighted by atomic mass is 10.8. The van der Waals surface area contributed by atoms with E-state index in [-0.39, 0.29) is 0 Å². The van der Waals surface area contributed by atoms with E-state index in [4.69, 9.17) is 0 Å². The van der Waals surface area contributed by atoms with Gasteiger partial charge in [0.25, 0.3) is 0 Å². The minimum Gasteiger partial charge on any atom is -0.364 e. The van der Waals surface area contributed by atoms with Crippen LogP contribution < -0.4 is 0 Å². The Kier molecular flexibility index (Phi) is 2.38. The summed E-state index contributed by atoms with van der Waals surface area (Å²) in [7, 11) is 2.95. The van der Waals surface area contributed by atoms with Crippen molar-refractivity contribution in [3.63, 3.8) is 0 Å². The number of aromatic nitrogens is 2. The fourth-order valence-corrected chi connectivity index (χ4v) is 2.14. The smallest absolute Gasteiger partial charge is 0.150 e. The minimum absolute atomic E-state index is 0.822. The van der Waals surface area contributed by atoms with Crippen LogP contribution in [-0.4, -0.2) is 10.3 Å². The van der Waals surface area contributed by atoms with Crippen LogP contribution in [0.15, 0.2) is 43.8 Å². The third-order valence-electron chi connectivity index (χ3n) is 1.04. The molecule has 0 atom stereocenters. The maximum Gasteiger partial charge on any atom is 0.150 e. The first-order chi connectivity index (χ1) is 5.95. The summed E-state index contributed by atoms with van der Waals surface area (Å²) < 4.78 is 9.31. The molecule has 0 aliphatic rings. The molecule has 4 nitrogen and oxygen atoms in total. The van der Waals surface area contributed by atoms with E-state index < -0.39 is 0 Å². The number of hydrogen-bond donors (Lipinski definition) is 0. The average molecular weight is 200 g/mol. The molecule has 0 radical (unpaired) electrons. The highest BCUT2D eigenvalue weighted by Gasteiger charge is 2.01. The van der Waals surface area contributed by atoms with Gasteiger partial charge in [-0.05, 0) is 21.6 Å². The molecule has 0 unspecified atom stereocenters. The summed E-state index contributed by atoms with van der Waals surface area (Å²) in [6.45, 7) is 0. The molecule has 0 saturated heterocycles. The molecule has 0 N–H and O–H groups in total. The van der Waals surface area contributed by atoms with Gasteiger partial charge < -0.3 is 9.05 Å². The predicted molar refractivity (Wildman–Crippen MR) is 44.7 cm³/mol. The van der Waals surface area contributed by atoms with Crippen molar-refractivity contribution in [1.82, 2.24) is 10.3 Å². The van der Waals surface area contributed by atoms with E-state index in [0.29, 0.717) is 0 Å². The second kappa shape index (κ2) is 3.68. The molecule has 0 aliphatic carbocycles. The molecule has 2 aromatic heterocycles. The van der Waals surface area contributed by atoms with Crippen molar-refractivity contribution >= 4 is 21.6 Å². The first kappa shape index (κ1) is 7.75. The van der Waals surface area contributed by atoms with E-state index in [1.165, 1.54) is 34.1 Å². The van der Waals surface area contributed by atoms with E-state index in [2.05, 4.69) is 19.4 Å². The molecule has 6 heteroatoms. The average Bonchev–Trinajstić information content (AvgIpc) is 2.74. The molecule has 2 heterocycles. The van der Waals surface area contributed by atoms with Crippen molar-refractivity contribution in [3.05, 3.63) is 24.7 Å². The largest absolute Gasteiger partial charge is 0.364 e. The summed E-state index contributed by atoms with van der Waals surface area (Å²) >= 11 is 0. The molecular weight excluding hydrogens is 196 g/mol. The van der Waals surface area contributed by atoms with Crippen LogP contribution >= 0.6 is 21.6 Å². The monoisotopic (exact) mass is 200 g/mol. The van der Waals surface area contributed by atoms with E-state index in [9.17, 15) is 0 Å². The molecule has 0 aliphatic heterocycles. The highest BCUT2D eigenvalue weighted by molar-refractivity contribution is 8.76. The van der Waals surface area contributed by atoms with Crippen LogP contribution in [0.5, 0.6) is 0 Å². The zero-order valence-electron chi connectivity index (χ0n) is 5.84. The first-order valence-electron chi connectivity index (χ1n) is 3.10. The fraction of sp³-hybridized carbons (Fsp3) is 0. The molecule has 0 fully saturated rings. The van der Waals surface area contributed by atoms with E-state index in [1.807, 2.05) is 0 Å². The summed E-state index contributed by atoms with van der Waals surface area (Å²) in [4.78, 5) is 0. The fourth-order valence-electron chi connectivity index (χ4n) is 0.574. The lowest BCUT2D eigenvalue weighted by Crippen LogP contribution is -1.65. The zero-order chi connectivity index (χ0) is 8.23. The summed E-state index contributed by atoms with van der Waals surface area (Å²) in [5, 5.41) is 9.09. The van der Waals surface area contributed by atoms with Crippen molar-refractivity contribution in [2.24, 2.45) is 0 Å². The minimum atomic E-state index is 0.822. The van der Waals surface area contributed by atoms with Gasteiger partial charge in [0, 0.05) is 12.1 Å². The van der Waals surface area contributed by atoms with E-state index in [1.54, 1.807) is 12.1 Å². The van der Waals surface area contributed by atoms with Crippen molar-refractivity contribution in [3.8, 4) is 0 Å². The van der Waals surface area contributed by atoms with E-state index >= 15 is 0 Å². The molecule has 0 spiro atoms. The third-order valence-corrected chi connectivity index (χ3v) is 3.16. The molecule has 0 aromatic carbocycles. The lowest BCUT2D eigenvalue weighted by Gasteiger charge is -1.88. The van der Waals surface area contributed by atoms with Gasteiger partial charge in [0.15, 0.2) is 10.1 Å². The summed E-state index contributed by atoms with van der Waals surface area (Å²) in [6.07, 6.45) is 3.07. The highest BCUT2D eigenvalue weighted by atomic mass is 33.1. The Bertz CT molecular complexity index is 285. The van der Waals surface area contributed by atoms with Gasteiger partial charge in [-0.15, -0.1) is 0 Å². The van der Waals surface area contributed by atoms with Crippen LogP contribution in [-0.2, 0) is 0 Å². The van der Waals surface area contributed by atoms with E-state index in [0.717, 1.165) is 10.1 Å².